The Hall–Kier alpha value is -1.43. The summed E-state index contributed by atoms with van der Waals surface area (Å²) in [6.07, 6.45) is 6.27. The number of hydrogen-bond acceptors (Lipinski definition) is 4. The fourth-order valence-electron chi connectivity index (χ4n) is 1.49. The van der Waals surface area contributed by atoms with Crippen LogP contribution in [0, 0.1) is 0 Å². The van der Waals surface area contributed by atoms with Gasteiger partial charge in [-0.3, -0.25) is 0 Å². The Labute approximate surface area is 126 Å². The van der Waals surface area contributed by atoms with Crippen LogP contribution in [-0.4, -0.2) is 16.1 Å². The first kappa shape index (κ1) is 14.0. The Morgan fingerprint density at radius 2 is 1.84 bits per heavy atom. The summed E-state index contributed by atoms with van der Waals surface area (Å²) >= 11 is 17.1. The Morgan fingerprint density at radius 3 is 2.37 bits per heavy atom. The van der Waals surface area contributed by atoms with Crippen molar-refractivity contribution < 1.29 is 4.74 Å². The van der Waals surface area contributed by atoms with Crippen molar-refractivity contribution in [2.75, 3.05) is 0 Å². The van der Waals surface area contributed by atoms with Crippen LogP contribution in [0.1, 0.15) is 0 Å². The molecule has 7 heteroatoms. The highest BCUT2D eigenvalue weighted by molar-refractivity contribution is 7.80. The summed E-state index contributed by atoms with van der Waals surface area (Å²) in [7, 11) is 0. The first-order valence-corrected chi connectivity index (χ1v) is 6.53. The fourth-order valence-corrected chi connectivity index (χ4v) is 2.15. The summed E-state index contributed by atoms with van der Waals surface area (Å²) in [4.78, 5) is 1.88. The Morgan fingerprint density at radius 1 is 1.26 bits per heavy atom. The van der Waals surface area contributed by atoms with Crippen LogP contribution in [0.4, 0.5) is 0 Å². The van der Waals surface area contributed by atoms with Gasteiger partial charge in [0.1, 0.15) is 4.99 Å². The molecule has 0 spiro atoms. The van der Waals surface area contributed by atoms with Gasteiger partial charge in [0, 0.05) is 24.8 Å². The second kappa shape index (κ2) is 6.14. The van der Waals surface area contributed by atoms with E-state index in [1.165, 1.54) is 0 Å². The number of thiocarbonyl (C=S) groups is 1. The largest absolute Gasteiger partial charge is 0.460 e. The Kier molecular flexibility index (Phi) is 4.52. The molecule has 100 valence electrons. The van der Waals surface area contributed by atoms with E-state index in [2.05, 4.69) is 5.32 Å². The molecule has 0 saturated heterocycles. The van der Waals surface area contributed by atoms with Crippen LogP contribution in [0.5, 0.6) is 5.75 Å². The minimum absolute atomic E-state index is 0.173. The smallest absolute Gasteiger partial charge is 0.226 e. The van der Waals surface area contributed by atoms with Gasteiger partial charge in [0.05, 0.1) is 10.0 Å². The maximum absolute atomic E-state index is 6.06. The summed E-state index contributed by atoms with van der Waals surface area (Å²) in [5, 5.41) is 3.70. The predicted molar refractivity (Wildman–Crippen MR) is 80.9 cm³/mol. The number of nitrogens with zero attached hydrogens (tertiary/aromatic N) is 1. The number of hydrogen-bond donors (Lipinski definition) is 2. The summed E-state index contributed by atoms with van der Waals surface area (Å²) in [6, 6.07) is 5.10. The lowest BCUT2D eigenvalue weighted by atomic mass is 10.3. The molecule has 1 aromatic rings. The van der Waals surface area contributed by atoms with E-state index in [0.717, 1.165) is 0 Å². The van der Waals surface area contributed by atoms with Crippen molar-refractivity contribution in [1.82, 2.24) is 10.2 Å². The van der Waals surface area contributed by atoms with Gasteiger partial charge < -0.3 is 20.7 Å². The SMILES string of the molecule is NC(=S)C(Oc1c(Cl)cccc1Cl)N1C=CNC=C1. The number of halogens is 2. The summed E-state index contributed by atoms with van der Waals surface area (Å²) in [6.45, 7) is 0. The number of nitrogens with one attached hydrogen (secondary N) is 1. The van der Waals surface area contributed by atoms with E-state index in [1.807, 2.05) is 0 Å². The highest BCUT2D eigenvalue weighted by atomic mass is 35.5. The third kappa shape index (κ3) is 3.32. The van der Waals surface area contributed by atoms with Crippen molar-refractivity contribution in [2.45, 2.75) is 6.23 Å². The van der Waals surface area contributed by atoms with Crippen molar-refractivity contribution in [1.29, 1.82) is 0 Å². The molecule has 1 aliphatic rings. The molecule has 0 amide bonds. The molecule has 1 heterocycles. The molecular formula is C12H11Cl2N3OS. The third-order valence-corrected chi connectivity index (χ3v) is 3.15. The monoisotopic (exact) mass is 315 g/mol. The van der Waals surface area contributed by atoms with Gasteiger partial charge in [-0.15, -0.1) is 0 Å². The average Bonchev–Trinajstić information content (AvgIpc) is 2.39. The van der Waals surface area contributed by atoms with Crippen molar-refractivity contribution in [2.24, 2.45) is 5.73 Å². The van der Waals surface area contributed by atoms with E-state index >= 15 is 0 Å². The first-order valence-electron chi connectivity index (χ1n) is 5.36. The molecule has 3 N–H and O–H groups in total. The number of benzene rings is 1. The minimum atomic E-state index is -0.665. The van der Waals surface area contributed by atoms with Gasteiger partial charge in [-0.2, -0.15) is 0 Å². The van der Waals surface area contributed by atoms with Crippen LogP contribution < -0.4 is 15.8 Å². The first-order chi connectivity index (χ1) is 9.09. The Bertz CT molecular complexity index is 516. The van der Waals surface area contributed by atoms with Gasteiger partial charge in [0.15, 0.2) is 5.75 Å². The van der Waals surface area contributed by atoms with E-state index in [9.17, 15) is 0 Å². The van der Waals surface area contributed by atoms with Crippen LogP contribution in [0.3, 0.4) is 0 Å². The number of rotatable bonds is 4. The normalized spacial score (nSPS) is 14.9. The van der Waals surface area contributed by atoms with Gasteiger partial charge in [-0.05, 0) is 12.1 Å². The zero-order chi connectivity index (χ0) is 13.8. The van der Waals surface area contributed by atoms with Crippen LogP contribution >= 0.6 is 35.4 Å². The molecule has 0 bridgehead atoms. The van der Waals surface area contributed by atoms with Crippen molar-refractivity contribution in [3.63, 3.8) is 0 Å². The molecule has 1 unspecified atom stereocenters. The fraction of sp³-hybridized carbons (Fsp3) is 0.0833. The van der Waals surface area contributed by atoms with Crippen LogP contribution in [0.25, 0.3) is 0 Å². The highest BCUT2D eigenvalue weighted by Crippen LogP contribution is 2.33. The van der Waals surface area contributed by atoms with E-state index < -0.39 is 6.23 Å². The topological polar surface area (TPSA) is 50.5 Å². The molecule has 1 aromatic carbocycles. The van der Waals surface area contributed by atoms with Gasteiger partial charge in [0.25, 0.3) is 0 Å². The van der Waals surface area contributed by atoms with E-state index in [1.54, 1.807) is 47.9 Å². The van der Waals surface area contributed by atoms with Crippen molar-refractivity contribution in [3.05, 3.63) is 53.0 Å². The standard InChI is InChI=1S/C12H11Cl2N3OS/c13-8-2-1-3-9(14)10(8)18-12(11(15)19)17-6-4-16-5-7-17/h1-7,12,16H,(H2,15,19). The molecule has 19 heavy (non-hydrogen) atoms. The van der Waals surface area contributed by atoms with E-state index in [0.29, 0.717) is 15.8 Å². The van der Waals surface area contributed by atoms with Crippen molar-refractivity contribution in [3.8, 4) is 5.75 Å². The Balaban J connectivity index is 2.26. The maximum atomic E-state index is 6.06. The molecule has 2 rings (SSSR count). The predicted octanol–water partition coefficient (Wildman–Crippen LogP) is 2.83. The van der Waals surface area contributed by atoms with Gasteiger partial charge in [-0.25, -0.2) is 0 Å². The molecule has 0 aromatic heterocycles. The highest BCUT2D eigenvalue weighted by Gasteiger charge is 2.22. The molecule has 0 saturated carbocycles. The van der Waals surface area contributed by atoms with Crippen LogP contribution in [-0.2, 0) is 0 Å². The van der Waals surface area contributed by atoms with E-state index in [-0.39, 0.29) is 4.99 Å². The molecular weight excluding hydrogens is 305 g/mol. The van der Waals surface area contributed by atoms with Crippen molar-refractivity contribution >= 4 is 40.4 Å². The van der Waals surface area contributed by atoms with Gasteiger partial charge in [-0.1, -0.05) is 41.5 Å². The number of nitrogens with two attached hydrogens (primary N) is 1. The second-order valence-corrected chi connectivity index (χ2v) is 4.95. The summed E-state index contributed by atoms with van der Waals surface area (Å²) in [5.74, 6) is 0.351. The number of para-hydroxylation sites is 1. The molecule has 4 nitrogen and oxygen atoms in total. The lowest BCUT2D eigenvalue weighted by molar-refractivity contribution is 0.156. The molecule has 0 fully saturated rings. The zero-order valence-electron chi connectivity index (χ0n) is 9.72. The molecule has 0 radical (unpaired) electrons. The third-order valence-electron chi connectivity index (χ3n) is 2.35. The maximum Gasteiger partial charge on any atom is 0.226 e. The second-order valence-electron chi connectivity index (χ2n) is 3.67. The van der Waals surface area contributed by atoms with E-state index in [4.69, 9.17) is 45.9 Å². The van der Waals surface area contributed by atoms with Gasteiger partial charge >= 0.3 is 0 Å². The zero-order valence-corrected chi connectivity index (χ0v) is 12.0. The minimum Gasteiger partial charge on any atom is -0.460 e. The quantitative estimate of drug-likeness (QED) is 0.837. The lowest BCUT2D eigenvalue weighted by Gasteiger charge is -2.29. The molecule has 0 aliphatic carbocycles. The molecule has 1 atom stereocenters. The average molecular weight is 316 g/mol. The van der Waals surface area contributed by atoms with Crippen LogP contribution in [0.2, 0.25) is 10.0 Å². The summed E-state index contributed by atoms with van der Waals surface area (Å²) < 4.78 is 5.74. The molecule has 1 aliphatic heterocycles. The van der Waals surface area contributed by atoms with Gasteiger partial charge in [0.2, 0.25) is 6.23 Å². The van der Waals surface area contributed by atoms with Crippen LogP contribution in [0.15, 0.2) is 43.0 Å². The summed E-state index contributed by atoms with van der Waals surface area (Å²) in [5.41, 5.74) is 5.71. The lowest BCUT2D eigenvalue weighted by Crippen LogP contribution is -2.43. The number of ether oxygens (including phenoxy) is 1.